The van der Waals surface area contributed by atoms with E-state index in [0.29, 0.717) is 24.3 Å². The van der Waals surface area contributed by atoms with Gasteiger partial charge in [-0.2, -0.15) is 0 Å². The molecule has 2 N–H and O–H groups in total. The van der Waals surface area contributed by atoms with Crippen LogP contribution in [0.25, 0.3) is 0 Å². The Morgan fingerprint density at radius 2 is 1.50 bits per heavy atom. The molecule has 138 valence electrons. The summed E-state index contributed by atoms with van der Waals surface area (Å²) < 4.78 is 5.08. The zero-order chi connectivity index (χ0) is 18.9. The molecule has 0 fully saturated rings. The maximum absolute atomic E-state index is 12.3. The monoisotopic (exact) mass is 355 g/mol. The average Bonchev–Trinajstić information content (AvgIpc) is 2.68. The molecular formula is C20H25N3O3. The van der Waals surface area contributed by atoms with E-state index in [-0.39, 0.29) is 18.4 Å². The van der Waals surface area contributed by atoms with Crippen molar-refractivity contribution in [2.24, 2.45) is 0 Å². The van der Waals surface area contributed by atoms with Crippen molar-refractivity contribution in [2.75, 3.05) is 37.4 Å². The summed E-state index contributed by atoms with van der Waals surface area (Å²) in [6.07, 6.45) is 0. The smallest absolute Gasteiger partial charge is 0.253 e. The number of nitrogens with zero attached hydrogens (tertiary/aromatic N) is 1. The molecule has 2 aromatic carbocycles. The van der Waals surface area contributed by atoms with E-state index in [1.54, 1.807) is 60.5 Å². The van der Waals surface area contributed by atoms with Crippen LogP contribution in [-0.2, 0) is 4.79 Å². The van der Waals surface area contributed by atoms with Crippen molar-refractivity contribution < 1.29 is 14.3 Å². The SMILES string of the molecule is CCN(CC)C(=O)c1ccc(NCC(=O)Nc2ccc(OC)cc2)cc1. The Labute approximate surface area is 154 Å². The number of benzene rings is 2. The third kappa shape index (κ3) is 5.24. The van der Waals surface area contributed by atoms with Crippen LogP contribution in [0.4, 0.5) is 11.4 Å². The first-order valence-electron chi connectivity index (χ1n) is 8.64. The lowest BCUT2D eigenvalue weighted by Gasteiger charge is -2.18. The minimum Gasteiger partial charge on any atom is -0.497 e. The van der Waals surface area contributed by atoms with Gasteiger partial charge in [0, 0.05) is 30.0 Å². The van der Waals surface area contributed by atoms with Gasteiger partial charge >= 0.3 is 0 Å². The Balaban J connectivity index is 1.86. The molecule has 2 rings (SSSR count). The molecular weight excluding hydrogens is 330 g/mol. The molecule has 0 saturated carbocycles. The molecule has 0 heterocycles. The van der Waals surface area contributed by atoms with Crippen LogP contribution in [0.1, 0.15) is 24.2 Å². The van der Waals surface area contributed by atoms with Crippen molar-refractivity contribution in [2.45, 2.75) is 13.8 Å². The second kappa shape index (κ2) is 9.46. The van der Waals surface area contributed by atoms with Gasteiger partial charge in [-0.05, 0) is 62.4 Å². The van der Waals surface area contributed by atoms with E-state index >= 15 is 0 Å². The number of methoxy groups -OCH3 is 1. The van der Waals surface area contributed by atoms with Gasteiger partial charge < -0.3 is 20.3 Å². The van der Waals surface area contributed by atoms with Crippen molar-refractivity contribution >= 4 is 23.2 Å². The van der Waals surface area contributed by atoms with E-state index in [9.17, 15) is 9.59 Å². The van der Waals surface area contributed by atoms with Crippen LogP contribution < -0.4 is 15.4 Å². The van der Waals surface area contributed by atoms with Crippen molar-refractivity contribution in [3.05, 3.63) is 54.1 Å². The number of nitrogens with one attached hydrogen (secondary N) is 2. The molecule has 0 bridgehead atoms. The minimum absolute atomic E-state index is 0.0128. The Morgan fingerprint density at radius 3 is 2.04 bits per heavy atom. The quantitative estimate of drug-likeness (QED) is 0.763. The Bertz CT molecular complexity index is 723. The zero-order valence-electron chi connectivity index (χ0n) is 15.4. The van der Waals surface area contributed by atoms with Crippen LogP contribution in [0.15, 0.2) is 48.5 Å². The van der Waals surface area contributed by atoms with Crippen molar-refractivity contribution in [3.63, 3.8) is 0 Å². The first-order chi connectivity index (χ1) is 12.6. The van der Waals surface area contributed by atoms with Gasteiger partial charge in [0.05, 0.1) is 13.7 Å². The van der Waals surface area contributed by atoms with Crippen LogP contribution in [0.3, 0.4) is 0 Å². The first-order valence-corrected chi connectivity index (χ1v) is 8.64. The van der Waals surface area contributed by atoms with Gasteiger partial charge in [-0.15, -0.1) is 0 Å². The van der Waals surface area contributed by atoms with E-state index in [0.717, 1.165) is 11.4 Å². The Morgan fingerprint density at radius 1 is 0.923 bits per heavy atom. The van der Waals surface area contributed by atoms with Crippen LogP contribution in [0.5, 0.6) is 5.75 Å². The standard InChI is InChI=1S/C20H25N3O3/c1-4-23(5-2)20(25)15-6-8-16(9-7-15)21-14-19(24)22-17-10-12-18(26-3)13-11-17/h6-13,21H,4-5,14H2,1-3H3,(H,22,24). The van der Waals surface area contributed by atoms with E-state index < -0.39 is 0 Å². The fraction of sp³-hybridized carbons (Fsp3) is 0.300. The highest BCUT2D eigenvalue weighted by molar-refractivity contribution is 5.95. The number of amides is 2. The molecule has 0 radical (unpaired) electrons. The van der Waals surface area contributed by atoms with Crippen LogP contribution >= 0.6 is 0 Å². The summed E-state index contributed by atoms with van der Waals surface area (Å²) in [7, 11) is 1.60. The number of anilines is 2. The second-order valence-corrected chi connectivity index (χ2v) is 5.69. The lowest BCUT2D eigenvalue weighted by Crippen LogP contribution is -2.30. The van der Waals surface area contributed by atoms with Crippen molar-refractivity contribution in [1.82, 2.24) is 4.90 Å². The highest BCUT2D eigenvalue weighted by Gasteiger charge is 2.12. The highest BCUT2D eigenvalue weighted by Crippen LogP contribution is 2.15. The predicted octanol–water partition coefficient (Wildman–Crippen LogP) is 3.23. The minimum atomic E-state index is -0.154. The van der Waals surface area contributed by atoms with Crippen molar-refractivity contribution in [3.8, 4) is 5.75 Å². The fourth-order valence-corrected chi connectivity index (χ4v) is 2.49. The average molecular weight is 355 g/mol. The lowest BCUT2D eigenvalue weighted by molar-refractivity contribution is -0.114. The van der Waals surface area contributed by atoms with Gasteiger partial charge in [0.1, 0.15) is 5.75 Å². The zero-order valence-corrected chi connectivity index (χ0v) is 15.4. The van der Waals surface area contributed by atoms with E-state index in [2.05, 4.69) is 10.6 Å². The second-order valence-electron chi connectivity index (χ2n) is 5.69. The Kier molecular flexibility index (Phi) is 7.02. The number of carbonyl (C=O) groups excluding carboxylic acids is 2. The molecule has 26 heavy (non-hydrogen) atoms. The molecule has 0 saturated heterocycles. The van der Waals surface area contributed by atoms with E-state index in [4.69, 9.17) is 4.74 Å². The molecule has 6 heteroatoms. The van der Waals surface area contributed by atoms with Crippen molar-refractivity contribution in [1.29, 1.82) is 0 Å². The molecule has 0 aliphatic rings. The third-order valence-corrected chi connectivity index (χ3v) is 4.01. The first kappa shape index (κ1) is 19.3. The number of hydrogen-bond donors (Lipinski definition) is 2. The molecule has 6 nitrogen and oxygen atoms in total. The summed E-state index contributed by atoms with van der Waals surface area (Å²) >= 11 is 0. The summed E-state index contributed by atoms with van der Waals surface area (Å²) in [6.45, 7) is 5.41. The van der Waals surface area contributed by atoms with E-state index in [1.165, 1.54) is 0 Å². The molecule has 0 unspecified atom stereocenters. The van der Waals surface area contributed by atoms with Gasteiger partial charge in [-0.25, -0.2) is 0 Å². The lowest BCUT2D eigenvalue weighted by atomic mass is 10.1. The number of carbonyl (C=O) groups is 2. The molecule has 0 aromatic heterocycles. The van der Waals surface area contributed by atoms with Gasteiger partial charge in [0.15, 0.2) is 0 Å². The van der Waals surface area contributed by atoms with Gasteiger partial charge in [0.25, 0.3) is 5.91 Å². The molecule has 2 amide bonds. The van der Waals surface area contributed by atoms with Crippen LogP contribution in [0.2, 0.25) is 0 Å². The number of rotatable bonds is 8. The van der Waals surface area contributed by atoms with Gasteiger partial charge in [-0.3, -0.25) is 9.59 Å². The van der Waals surface area contributed by atoms with Gasteiger partial charge in [0.2, 0.25) is 5.91 Å². The molecule has 0 aliphatic heterocycles. The molecule has 0 atom stereocenters. The number of hydrogen-bond acceptors (Lipinski definition) is 4. The van der Waals surface area contributed by atoms with E-state index in [1.807, 2.05) is 13.8 Å². The topological polar surface area (TPSA) is 70.7 Å². The largest absolute Gasteiger partial charge is 0.497 e. The van der Waals surface area contributed by atoms with Crippen LogP contribution in [0, 0.1) is 0 Å². The molecule has 0 aliphatic carbocycles. The molecule has 2 aromatic rings. The summed E-state index contributed by atoms with van der Waals surface area (Å²) in [5, 5.41) is 5.85. The predicted molar refractivity (Wildman–Crippen MR) is 104 cm³/mol. The summed E-state index contributed by atoms with van der Waals surface area (Å²) in [6, 6.07) is 14.3. The normalized spacial score (nSPS) is 10.1. The maximum Gasteiger partial charge on any atom is 0.253 e. The summed E-state index contributed by atoms with van der Waals surface area (Å²) in [5.41, 5.74) is 2.13. The highest BCUT2D eigenvalue weighted by atomic mass is 16.5. The summed E-state index contributed by atoms with van der Waals surface area (Å²) in [4.78, 5) is 26.1. The number of ether oxygens (including phenoxy) is 1. The van der Waals surface area contributed by atoms with Gasteiger partial charge in [-0.1, -0.05) is 0 Å². The van der Waals surface area contributed by atoms with Crippen LogP contribution in [-0.4, -0.2) is 43.5 Å². The summed E-state index contributed by atoms with van der Waals surface area (Å²) in [5.74, 6) is 0.595. The molecule has 0 spiro atoms. The third-order valence-electron chi connectivity index (χ3n) is 4.01. The fourth-order valence-electron chi connectivity index (χ4n) is 2.49. The Hall–Kier alpha value is -3.02. The maximum atomic E-state index is 12.3.